The third kappa shape index (κ3) is 2.35. The number of pyridine rings is 1. The van der Waals surface area contributed by atoms with E-state index in [1.165, 1.54) is 34.1 Å². The SMILES string of the molecule is O=C(O)c1ccc(-c2cccs2)n2nc(-c3ccc(F)cc3)nc12. The van der Waals surface area contributed by atoms with Gasteiger partial charge in [-0.25, -0.2) is 18.7 Å². The number of fused-ring (bicyclic) bond motifs is 1. The van der Waals surface area contributed by atoms with Crippen LogP contribution in [0.4, 0.5) is 4.39 Å². The van der Waals surface area contributed by atoms with Gasteiger partial charge in [0.25, 0.3) is 0 Å². The van der Waals surface area contributed by atoms with Crippen molar-refractivity contribution in [2.24, 2.45) is 0 Å². The molecule has 0 aliphatic heterocycles. The molecule has 0 aliphatic carbocycles. The molecule has 0 bridgehead atoms. The lowest BCUT2D eigenvalue weighted by atomic mass is 10.2. The van der Waals surface area contributed by atoms with E-state index in [2.05, 4.69) is 10.1 Å². The molecule has 3 aromatic heterocycles. The number of rotatable bonds is 3. The normalized spacial score (nSPS) is 11.0. The topological polar surface area (TPSA) is 67.5 Å². The first kappa shape index (κ1) is 14.5. The molecule has 5 nitrogen and oxygen atoms in total. The Morgan fingerprint density at radius 1 is 1.12 bits per heavy atom. The number of benzene rings is 1. The molecule has 0 spiro atoms. The van der Waals surface area contributed by atoms with E-state index in [1.54, 1.807) is 18.2 Å². The number of carboxylic acids is 1. The second-order valence-electron chi connectivity index (χ2n) is 5.09. The first-order valence-corrected chi connectivity index (χ1v) is 7.94. The highest BCUT2D eigenvalue weighted by Gasteiger charge is 2.18. The van der Waals surface area contributed by atoms with E-state index in [1.807, 2.05) is 17.5 Å². The van der Waals surface area contributed by atoms with Crippen LogP contribution in [0.1, 0.15) is 10.4 Å². The van der Waals surface area contributed by atoms with Crippen LogP contribution in [0.25, 0.3) is 27.6 Å². The molecule has 118 valence electrons. The molecule has 0 saturated carbocycles. The Bertz CT molecular complexity index is 1040. The number of aromatic carboxylic acids is 1. The fourth-order valence-corrected chi connectivity index (χ4v) is 3.20. The minimum absolute atomic E-state index is 0.0659. The lowest BCUT2D eigenvalue weighted by Crippen LogP contribution is -2.03. The lowest BCUT2D eigenvalue weighted by Gasteiger charge is -2.03. The fourth-order valence-electron chi connectivity index (χ4n) is 2.46. The third-order valence-electron chi connectivity index (χ3n) is 3.59. The van der Waals surface area contributed by atoms with Gasteiger partial charge in [0.2, 0.25) is 0 Å². The number of carbonyl (C=O) groups is 1. The minimum atomic E-state index is -1.07. The van der Waals surface area contributed by atoms with Crippen LogP contribution in [0.15, 0.2) is 53.9 Å². The zero-order valence-electron chi connectivity index (χ0n) is 12.2. The first-order chi connectivity index (χ1) is 11.6. The standard InChI is InChI=1S/C17H10FN3O2S/c18-11-5-3-10(4-6-11)15-19-16-12(17(22)23)7-8-13(21(16)20-15)14-2-1-9-24-14/h1-9H,(H,22,23). The van der Waals surface area contributed by atoms with Crippen molar-refractivity contribution in [1.82, 2.24) is 14.6 Å². The van der Waals surface area contributed by atoms with Gasteiger partial charge in [0, 0.05) is 5.56 Å². The zero-order chi connectivity index (χ0) is 16.7. The van der Waals surface area contributed by atoms with Gasteiger partial charge in [0.05, 0.1) is 10.6 Å². The molecule has 0 atom stereocenters. The van der Waals surface area contributed by atoms with Gasteiger partial charge >= 0.3 is 5.97 Å². The smallest absolute Gasteiger partial charge is 0.339 e. The van der Waals surface area contributed by atoms with Crippen molar-refractivity contribution in [3.8, 4) is 22.0 Å². The van der Waals surface area contributed by atoms with Crippen LogP contribution in [0.3, 0.4) is 0 Å². The van der Waals surface area contributed by atoms with E-state index < -0.39 is 5.97 Å². The molecule has 0 aliphatic rings. The molecular formula is C17H10FN3O2S. The predicted octanol–water partition coefficient (Wildman–Crippen LogP) is 3.96. The molecule has 4 rings (SSSR count). The summed E-state index contributed by atoms with van der Waals surface area (Å²) < 4.78 is 14.6. The maximum absolute atomic E-state index is 13.1. The molecular weight excluding hydrogens is 329 g/mol. The number of hydrogen-bond donors (Lipinski definition) is 1. The van der Waals surface area contributed by atoms with Crippen molar-refractivity contribution in [2.75, 3.05) is 0 Å². The second-order valence-corrected chi connectivity index (χ2v) is 6.04. The summed E-state index contributed by atoms with van der Waals surface area (Å²) in [5, 5.41) is 15.8. The summed E-state index contributed by atoms with van der Waals surface area (Å²) in [6.45, 7) is 0. The summed E-state index contributed by atoms with van der Waals surface area (Å²) in [6.07, 6.45) is 0. The van der Waals surface area contributed by atoms with Crippen molar-refractivity contribution in [3.63, 3.8) is 0 Å². The summed E-state index contributed by atoms with van der Waals surface area (Å²) in [5.41, 5.74) is 1.70. The summed E-state index contributed by atoms with van der Waals surface area (Å²) in [5.74, 6) is -1.08. The van der Waals surface area contributed by atoms with Gasteiger partial charge in [0.15, 0.2) is 11.5 Å². The molecule has 0 radical (unpaired) electrons. The van der Waals surface area contributed by atoms with Gasteiger partial charge in [-0.05, 0) is 47.8 Å². The summed E-state index contributed by atoms with van der Waals surface area (Å²) in [6, 6.07) is 12.8. The van der Waals surface area contributed by atoms with Crippen molar-refractivity contribution in [3.05, 3.63) is 65.3 Å². The molecule has 0 saturated heterocycles. The van der Waals surface area contributed by atoms with E-state index >= 15 is 0 Å². The molecule has 4 aromatic rings. The van der Waals surface area contributed by atoms with Crippen LogP contribution < -0.4 is 0 Å². The molecule has 1 N–H and O–H groups in total. The Kier molecular flexibility index (Phi) is 3.35. The highest BCUT2D eigenvalue weighted by molar-refractivity contribution is 7.13. The highest BCUT2D eigenvalue weighted by atomic mass is 32.1. The number of thiophene rings is 1. The number of carboxylic acid groups (broad SMARTS) is 1. The third-order valence-corrected chi connectivity index (χ3v) is 4.48. The Hall–Kier alpha value is -3.06. The number of hydrogen-bond acceptors (Lipinski definition) is 4. The van der Waals surface area contributed by atoms with Crippen molar-refractivity contribution >= 4 is 23.0 Å². The first-order valence-electron chi connectivity index (χ1n) is 7.06. The van der Waals surface area contributed by atoms with Crippen LogP contribution in [0, 0.1) is 5.82 Å². The van der Waals surface area contributed by atoms with Crippen LogP contribution in [-0.2, 0) is 0 Å². The summed E-state index contributed by atoms with van der Waals surface area (Å²) >= 11 is 1.53. The zero-order valence-corrected chi connectivity index (χ0v) is 13.0. The average Bonchev–Trinajstić information content (AvgIpc) is 3.24. The average molecular weight is 339 g/mol. The van der Waals surface area contributed by atoms with Gasteiger partial charge in [0.1, 0.15) is 11.4 Å². The van der Waals surface area contributed by atoms with Crippen LogP contribution in [0.2, 0.25) is 0 Å². The molecule has 3 heterocycles. The second kappa shape index (κ2) is 5.54. The van der Waals surface area contributed by atoms with Crippen LogP contribution in [0.5, 0.6) is 0 Å². The molecule has 0 amide bonds. The molecule has 0 unspecified atom stereocenters. The van der Waals surface area contributed by atoms with Gasteiger partial charge in [-0.15, -0.1) is 16.4 Å². The van der Waals surface area contributed by atoms with E-state index in [0.29, 0.717) is 11.4 Å². The quantitative estimate of drug-likeness (QED) is 0.613. The van der Waals surface area contributed by atoms with Crippen molar-refractivity contribution in [1.29, 1.82) is 0 Å². The summed E-state index contributed by atoms with van der Waals surface area (Å²) in [4.78, 5) is 16.8. The number of nitrogens with zero attached hydrogens (tertiary/aromatic N) is 3. The molecule has 24 heavy (non-hydrogen) atoms. The largest absolute Gasteiger partial charge is 0.478 e. The summed E-state index contributed by atoms with van der Waals surface area (Å²) in [7, 11) is 0. The minimum Gasteiger partial charge on any atom is -0.478 e. The van der Waals surface area contributed by atoms with Crippen molar-refractivity contribution in [2.45, 2.75) is 0 Å². The Morgan fingerprint density at radius 2 is 1.92 bits per heavy atom. The van der Waals surface area contributed by atoms with Gasteiger partial charge in [-0.1, -0.05) is 6.07 Å². The van der Waals surface area contributed by atoms with Crippen molar-refractivity contribution < 1.29 is 14.3 Å². The maximum atomic E-state index is 13.1. The number of halogens is 1. The van der Waals surface area contributed by atoms with Gasteiger partial charge in [-0.2, -0.15) is 0 Å². The fraction of sp³-hybridized carbons (Fsp3) is 0. The van der Waals surface area contributed by atoms with Crippen LogP contribution >= 0.6 is 11.3 Å². The highest BCUT2D eigenvalue weighted by Crippen LogP contribution is 2.28. The molecule has 1 aromatic carbocycles. The molecule has 7 heteroatoms. The predicted molar refractivity (Wildman–Crippen MR) is 88.7 cm³/mol. The van der Waals surface area contributed by atoms with E-state index in [0.717, 1.165) is 10.6 Å². The Labute approximate surface area is 139 Å². The van der Waals surface area contributed by atoms with E-state index in [4.69, 9.17) is 0 Å². The van der Waals surface area contributed by atoms with E-state index in [-0.39, 0.29) is 17.0 Å². The van der Waals surface area contributed by atoms with Gasteiger partial charge < -0.3 is 5.11 Å². The van der Waals surface area contributed by atoms with Gasteiger partial charge in [-0.3, -0.25) is 0 Å². The number of aromatic nitrogens is 3. The van der Waals surface area contributed by atoms with E-state index in [9.17, 15) is 14.3 Å². The molecule has 0 fully saturated rings. The monoisotopic (exact) mass is 339 g/mol. The maximum Gasteiger partial charge on any atom is 0.339 e. The Balaban J connectivity index is 1.98. The lowest BCUT2D eigenvalue weighted by molar-refractivity contribution is 0.0698. The van der Waals surface area contributed by atoms with Crippen LogP contribution in [-0.4, -0.2) is 25.7 Å². The Morgan fingerprint density at radius 3 is 2.58 bits per heavy atom.